The molecule has 0 saturated carbocycles. The predicted molar refractivity (Wildman–Crippen MR) is 99.5 cm³/mol. The summed E-state index contributed by atoms with van der Waals surface area (Å²) >= 11 is 0. The van der Waals surface area contributed by atoms with Crippen LogP contribution in [-0.2, 0) is 9.53 Å². The van der Waals surface area contributed by atoms with E-state index in [0.29, 0.717) is 18.7 Å². The zero-order valence-corrected chi connectivity index (χ0v) is 16.4. The number of pyridine rings is 1. The fraction of sp³-hybridized carbons (Fsp3) is 0.450. The predicted octanol–water partition coefficient (Wildman–Crippen LogP) is 3.15. The number of furan rings is 1. The molecular weight excluding hydrogens is 421 g/mol. The minimum absolute atomic E-state index is 0.00169. The summed E-state index contributed by atoms with van der Waals surface area (Å²) in [5.41, 5.74) is 0.290. The molecule has 2 atom stereocenters. The van der Waals surface area contributed by atoms with Gasteiger partial charge in [0.2, 0.25) is 0 Å². The van der Waals surface area contributed by atoms with Crippen molar-refractivity contribution in [3.8, 4) is 5.75 Å². The van der Waals surface area contributed by atoms with Gasteiger partial charge in [0.1, 0.15) is 18.1 Å². The first-order valence-corrected chi connectivity index (χ1v) is 9.51. The SMILES string of the molecule is O=C(O)C(F)(F)F.O=C(c1ccoc1)N1CCCC2(CC(Oc3cccnc3)CO2)C1. The molecule has 2 aromatic heterocycles. The van der Waals surface area contributed by atoms with E-state index in [4.69, 9.17) is 23.8 Å². The van der Waals surface area contributed by atoms with Crippen molar-refractivity contribution in [1.29, 1.82) is 0 Å². The van der Waals surface area contributed by atoms with E-state index in [1.165, 1.54) is 12.5 Å². The molecule has 2 aromatic rings. The first-order chi connectivity index (χ1) is 14.7. The molecule has 11 heteroatoms. The number of carbonyl (C=O) groups is 2. The van der Waals surface area contributed by atoms with Gasteiger partial charge in [0, 0.05) is 19.2 Å². The van der Waals surface area contributed by atoms with E-state index in [9.17, 15) is 18.0 Å². The summed E-state index contributed by atoms with van der Waals surface area (Å²) in [7, 11) is 0. The Morgan fingerprint density at radius 3 is 2.71 bits per heavy atom. The molecule has 1 N–H and O–H groups in total. The maximum Gasteiger partial charge on any atom is 0.490 e. The van der Waals surface area contributed by atoms with Gasteiger partial charge in [-0.1, -0.05) is 0 Å². The number of nitrogens with zero attached hydrogens (tertiary/aromatic N) is 2. The molecule has 2 aliphatic heterocycles. The Kier molecular flexibility index (Phi) is 6.84. The van der Waals surface area contributed by atoms with Crippen LogP contribution in [0.3, 0.4) is 0 Å². The number of ether oxygens (including phenoxy) is 2. The monoisotopic (exact) mass is 442 g/mol. The number of halogens is 3. The number of aromatic nitrogens is 1. The number of carboxylic acids is 1. The third kappa shape index (κ3) is 5.97. The second kappa shape index (κ2) is 9.38. The Hall–Kier alpha value is -3.08. The lowest BCUT2D eigenvalue weighted by atomic mass is 9.89. The van der Waals surface area contributed by atoms with Crippen LogP contribution in [0.25, 0.3) is 0 Å². The Labute approximate surface area is 175 Å². The largest absolute Gasteiger partial charge is 0.490 e. The van der Waals surface area contributed by atoms with Crippen molar-refractivity contribution < 1.29 is 41.8 Å². The van der Waals surface area contributed by atoms with E-state index in [0.717, 1.165) is 31.6 Å². The van der Waals surface area contributed by atoms with Crippen LogP contribution in [0.1, 0.15) is 29.6 Å². The van der Waals surface area contributed by atoms with Gasteiger partial charge in [0.15, 0.2) is 0 Å². The molecule has 2 aliphatic rings. The molecule has 31 heavy (non-hydrogen) atoms. The molecule has 0 aromatic carbocycles. The lowest BCUT2D eigenvalue weighted by Crippen LogP contribution is -2.50. The van der Waals surface area contributed by atoms with Crippen molar-refractivity contribution in [3.63, 3.8) is 0 Å². The standard InChI is InChI=1S/C18H20N2O4.C2HF3O2/c21-17(14-4-8-22-11-14)20-7-2-5-18(13-20)9-16(12-23-18)24-15-3-1-6-19-10-15;3-2(4,5)1(6)7/h1,3-4,6,8,10-11,16H,2,5,7,9,12-13H2;(H,6,7). The zero-order valence-electron chi connectivity index (χ0n) is 16.4. The highest BCUT2D eigenvalue weighted by Gasteiger charge is 2.45. The fourth-order valence-corrected chi connectivity index (χ4v) is 3.61. The van der Waals surface area contributed by atoms with Gasteiger partial charge in [0.05, 0.1) is 36.8 Å². The Morgan fingerprint density at radius 1 is 1.32 bits per heavy atom. The van der Waals surface area contributed by atoms with E-state index in [2.05, 4.69) is 4.98 Å². The average molecular weight is 442 g/mol. The van der Waals surface area contributed by atoms with Crippen molar-refractivity contribution in [2.45, 2.75) is 37.1 Å². The molecule has 4 rings (SSSR count). The minimum atomic E-state index is -5.08. The number of carbonyl (C=O) groups excluding carboxylic acids is 1. The summed E-state index contributed by atoms with van der Waals surface area (Å²) < 4.78 is 48.8. The molecule has 1 amide bonds. The Bertz CT molecular complexity index is 875. The summed E-state index contributed by atoms with van der Waals surface area (Å²) in [6, 6.07) is 5.45. The van der Waals surface area contributed by atoms with Gasteiger partial charge in [-0.15, -0.1) is 0 Å². The number of aliphatic carboxylic acids is 1. The third-order valence-electron chi connectivity index (χ3n) is 4.95. The number of hydrogen-bond acceptors (Lipinski definition) is 6. The summed E-state index contributed by atoms with van der Waals surface area (Å²) in [5, 5.41) is 7.12. The molecule has 0 bridgehead atoms. The van der Waals surface area contributed by atoms with Crippen molar-refractivity contribution in [1.82, 2.24) is 9.88 Å². The summed E-state index contributed by atoms with van der Waals surface area (Å²) in [6.07, 6.45) is 4.04. The molecule has 0 aliphatic carbocycles. The van der Waals surface area contributed by atoms with E-state index in [-0.39, 0.29) is 17.6 Å². The summed E-state index contributed by atoms with van der Waals surface area (Å²) in [4.78, 5) is 27.4. The molecule has 0 radical (unpaired) electrons. The number of carboxylic acid groups (broad SMARTS) is 1. The van der Waals surface area contributed by atoms with Crippen LogP contribution in [0.4, 0.5) is 13.2 Å². The summed E-state index contributed by atoms with van der Waals surface area (Å²) in [6.45, 7) is 1.90. The minimum Gasteiger partial charge on any atom is -0.486 e. The molecule has 2 unspecified atom stereocenters. The normalized spacial score (nSPS) is 23.2. The molecular formula is C20H21F3N2O6. The van der Waals surface area contributed by atoms with Crippen molar-refractivity contribution in [3.05, 3.63) is 48.7 Å². The topological polar surface area (TPSA) is 102 Å². The highest BCUT2D eigenvalue weighted by molar-refractivity contribution is 5.93. The molecule has 1 spiro atoms. The van der Waals surface area contributed by atoms with Crippen LogP contribution in [0.2, 0.25) is 0 Å². The Morgan fingerprint density at radius 2 is 2.10 bits per heavy atom. The maximum atomic E-state index is 12.5. The van der Waals surface area contributed by atoms with Crippen LogP contribution in [0, 0.1) is 0 Å². The lowest BCUT2D eigenvalue weighted by Gasteiger charge is -2.39. The highest BCUT2D eigenvalue weighted by atomic mass is 19.4. The number of likely N-dealkylation sites (tertiary alicyclic amines) is 1. The van der Waals surface area contributed by atoms with Crippen LogP contribution in [0.15, 0.2) is 47.5 Å². The van der Waals surface area contributed by atoms with Gasteiger partial charge in [-0.2, -0.15) is 13.2 Å². The Balaban J connectivity index is 0.000000339. The smallest absolute Gasteiger partial charge is 0.486 e. The van der Waals surface area contributed by atoms with Crippen molar-refractivity contribution in [2.75, 3.05) is 19.7 Å². The first-order valence-electron chi connectivity index (χ1n) is 9.51. The van der Waals surface area contributed by atoms with Gasteiger partial charge in [-0.25, -0.2) is 4.79 Å². The van der Waals surface area contributed by atoms with Crippen LogP contribution < -0.4 is 4.74 Å². The number of alkyl halides is 3. The molecule has 4 heterocycles. The average Bonchev–Trinajstić information content (AvgIpc) is 3.39. The van der Waals surface area contributed by atoms with Gasteiger partial charge in [0.25, 0.3) is 5.91 Å². The van der Waals surface area contributed by atoms with Gasteiger partial charge < -0.3 is 23.9 Å². The quantitative estimate of drug-likeness (QED) is 0.779. The highest BCUT2D eigenvalue weighted by Crippen LogP contribution is 2.36. The summed E-state index contributed by atoms with van der Waals surface area (Å²) in [5.74, 6) is -2.00. The van der Waals surface area contributed by atoms with Crippen molar-refractivity contribution >= 4 is 11.9 Å². The van der Waals surface area contributed by atoms with E-state index >= 15 is 0 Å². The van der Waals surface area contributed by atoms with Crippen LogP contribution in [0.5, 0.6) is 5.75 Å². The number of hydrogen-bond donors (Lipinski definition) is 1. The van der Waals surface area contributed by atoms with Crippen molar-refractivity contribution in [2.24, 2.45) is 0 Å². The molecule has 168 valence electrons. The number of piperidine rings is 1. The van der Waals surface area contributed by atoms with Gasteiger partial charge in [-0.3, -0.25) is 9.78 Å². The number of amides is 1. The van der Waals surface area contributed by atoms with Gasteiger partial charge in [-0.05, 0) is 31.0 Å². The molecule has 8 nitrogen and oxygen atoms in total. The van der Waals surface area contributed by atoms with Crippen LogP contribution in [-0.4, -0.2) is 64.4 Å². The first kappa shape index (κ1) is 22.6. The molecule has 2 fully saturated rings. The zero-order chi connectivity index (χ0) is 22.5. The van der Waals surface area contributed by atoms with E-state index in [1.54, 1.807) is 18.5 Å². The second-order valence-electron chi connectivity index (χ2n) is 7.27. The lowest BCUT2D eigenvalue weighted by molar-refractivity contribution is -0.192. The third-order valence-corrected chi connectivity index (χ3v) is 4.95. The second-order valence-corrected chi connectivity index (χ2v) is 7.27. The van der Waals surface area contributed by atoms with Crippen LogP contribution >= 0.6 is 0 Å². The van der Waals surface area contributed by atoms with E-state index in [1.807, 2.05) is 17.0 Å². The number of rotatable bonds is 3. The van der Waals surface area contributed by atoms with E-state index < -0.39 is 12.1 Å². The fourth-order valence-electron chi connectivity index (χ4n) is 3.61. The maximum absolute atomic E-state index is 12.5. The molecule has 2 saturated heterocycles. The van der Waals surface area contributed by atoms with Gasteiger partial charge >= 0.3 is 12.1 Å².